The van der Waals surface area contributed by atoms with Crippen molar-refractivity contribution in [2.24, 2.45) is 11.8 Å². The summed E-state index contributed by atoms with van der Waals surface area (Å²) < 4.78 is 26.2. The Balaban J connectivity index is 1.94. The van der Waals surface area contributed by atoms with Gasteiger partial charge in [-0.25, -0.2) is 13.8 Å². The summed E-state index contributed by atoms with van der Waals surface area (Å²) in [7, 11) is 0. The van der Waals surface area contributed by atoms with Crippen molar-refractivity contribution in [3.05, 3.63) is 29.6 Å². The Morgan fingerprint density at radius 3 is 2.68 bits per heavy atom. The number of carbonyl (C=O) groups is 2. The normalized spacial score (nSPS) is 23.7. The van der Waals surface area contributed by atoms with Crippen molar-refractivity contribution in [1.82, 2.24) is 10.3 Å². The van der Waals surface area contributed by atoms with Gasteiger partial charge in [0.05, 0.1) is 5.92 Å². The topological polar surface area (TPSA) is 79.3 Å². The fraction of sp³-hybridized carbons (Fsp3) is 0.417. The molecule has 2 atom stereocenters. The minimum absolute atomic E-state index is 0.121. The molecule has 0 aliphatic heterocycles. The number of aromatic nitrogens is 1. The smallest absolute Gasteiger partial charge is 0.313 e. The first-order chi connectivity index (χ1) is 8.84. The third-order valence-corrected chi connectivity index (χ3v) is 3.07. The number of nitrogens with one attached hydrogen (secondary N) is 1. The van der Waals surface area contributed by atoms with Gasteiger partial charge in [-0.3, -0.25) is 9.59 Å². The van der Waals surface area contributed by atoms with Gasteiger partial charge in [0, 0.05) is 12.2 Å². The molecule has 1 amide bonds. The van der Waals surface area contributed by atoms with E-state index in [4.69, 9.17) is 5.11 Å². The molecule has 19 heavy (non-hydrogen) atoms. The quantitative estimate of drug-likeness (QED) is 0.858. The van der Waals surface area contributed by atoms with Crippen LogP contribution in [0.1, 0.15) is 16.2 Å². The molecular formula is C12H12F2N2O3. The van der Waals surface area contributed by atoms with E-state index in [2.05, 4.69) is 10.3 Å². The summed E-state index contributed by atoms with van der Waals surface area (Å²) in [4.78, 5) is 26.1. The highest BCUT2D eigenvalue weighted by atomic mass is 19.3. The van der Waals surface area contributed by atoms with Crippen LogP contribution in [0, 0.1) is 18.8 Å². The van der Waals surface area contributed by atoms with Crippen LogP contribution in [-0.4, -0.2) is 34.4 Å². The van der Waals surface area contributed by atoms with Crippen molar-refractivity contribution in [3.8, 4) is 0 Å². The summed E-state index contributed by atoms with van der Waals surface area (Å²) >= 11 is 0. The Bertz CT molecular complexity index is 533. The summed E-state index contributed by atoms with van der Waals surface area (Å²) in [5.41, 5.74) is 0.753. The summed E-state index contributed by atoms with van der Waals surface area (Å²) in [5, 5.41) is 10.9. The number of hydrogen-bond donors (Lipinski definition) is 2. The number of aryl methyl sites for hydroxylation is 1. The number of carboxylic acid groups (broad SMARTS) is 1. The van der Waals surface area contributed by atoms with E-state index in [9.17, 15) is 18.4 Å². The molecule has 1 aliphatic carbocycles. The average Bonchev–Trinajstić information content (AvgIpc) is 2.88. The molecule has 2 rings (SSSR count). The van der Waals surface area contributed by atoms with Gasteiger partial charge in [-0.2, -0.15) is 0 Å². The molecule has 2 N–H and O–H groups in total. The largest absolute Gasteiger partial charge is 0.481 e. The van der Waals surface area contributed by atoms with Gasteiger partial charge in [0.25, 0.3) is 11.8 Å². The summed E-state index contributed by atoms with van der Waals surface area (Å²) in [5.74, 6) is -8.44. The zero-order valence-corrected chi connectivity index (χ0v) is 10.1. The second kappa shape index (κ2) is 4.56. The van der Waals surface area contributed by atoms with Gasteiger partial charge < -0.3 is 10.4 Å². The van der Waals surface area contributed by atoms with E-state index in [1.165, 1.54) is 6.07 Å². The lowest BCUT2D eigenvalue weighted by Crippen LogP contribution is -2.28. The molecule has 0 saturated heterocycles. The van der Waals surface area contributed by atoms with Crippen LogP contribution < -0.4 is 5.32 Å². The number of rotatable bonds is 4. The van der Waals surface area contributed by atoms with Crippen molar-refractivity contribution < 1.29 is 23.5 Å². The number of aliphatic carboxylic acids is 1. The van der Waals surface area contributed by atoms with Crippen LogP contribution in [-0.2, 0) is 4.79 Å². The number of amides is 1. The molecule has 1 aromatic rings. The van der Waals surface area contributed by atoms with Gasteiger partial charge in [-0.15, -0.1) is 0 Å². The number of carbonyl (C=O) groups excluding carboxylic acids is 1. The van der Waals surface area contributed by atoms with Gasteiger partial charge in [0.15, 0.2) is 0 Å². The number of halogens is 2. The van der Waals surface area contributed by atoms with Crippen LogP contribution in [0.2, 0.25) is 0 Å². The number of alkyl halides is 2. The highest BCUT2D eigenvalue weighted by Crippen LogP contribution is 2.54. The molecule has 0 spiro atoms. The molecule has 1 aliphatic rings. The molecule has 0 aromatic carbocycles. The standard InChI is InChI=1S/C12H12F2N2O3/c1-6-3-2-4-8(16-6)10(17)15-5-7-9(11(18)19)12(7,13)14/h2-4,7,9H,5H2,1H3,(H,15,17)(H,18,19)/t7-,9-/m1/s1. The molecule has 1 heterocycles. The molecule has 1 saturated carbocycles. The van der Waals surface area contributed by atoms with E-state index in [1.807, 2.05) is 0 Å². The zero-order chi connectivity index (χ0) is 14.2. The maximum absolute atomic E-state index is 13.1. The lowest BCUT2D eigenvalue weighted by Gasteiger charge is -2.04. The first-order valence-electron chi connectivity index (χ1n) is 5.66. The van der Waals surface area contributed by atoms with Crippen molar-refractivity contribution in [1.29, 1.82) is 0 Å². The first-order valence-corrected chi connectivity index (χ1v) is 5.66. The number of carboxylic acids is 1. The average molecular weight is 270 g/mol. The van der Waals surface area contributed by atoms with Crippen LogP contribution in [0.4, 0.5) is 8.78 Å². The van der Waals surface area contributed by atoms with Gasteiger partial charge in [0.1, 0.15) is 11.6 Å². The number of nitrogens with zero attached hydrogens (tertiary/aromatic N) is 1. The second-order valence-electron chi connectivity index (χ2n) is 4.47. The Morgan fingerprint density at radius 1 is 1.47 bits per heavy atom. The van der Waals surface area contributed by atoms with Gasteiger partial charge in [0.2, 0.25) is 0 Å². The van der Waals surface area contributed by atoms with Gasteiger partial charge in [-0.05, 0) is 19.1 Å². The highest BCUT2D eigenvalue weighted by Gasteiger charge is 2.72. The zero-order valence-electron chi connectivity index (χ0n) is 10.1. The minimum Gasteiger partial charge on any atom is -0.481 e. The van der Waals surface area contributed by atoms with Gasteiger partial charge >= 0.3 is 5.97 Å². The lowest BCUT2D eigenvalue weighted by molar-refractivity contribution is -0.140. The third-order valence-electron chi connectivity index (χ3n) is 3.07. The lowest BCUT2D eigenvalue weighted by atomic mass is 10.3. The van der Waals surface area contributed by atoms with E-state index in [0.29, 0.717) is 5.69 Å². The Labute approximate surface area is 107 Å². The maximum atomic E-state index is 13.1. The van der Waals surface area contributed by atoms with Crippen molar-refractivity contribution in [2.75, 3.05) is 6.54 Å². The van der Waals surface area contributed by atoms with Crippen LogP contribution in [0.15, 0.2) is 18.2 Å². The van der Waals surface area contributed by atoms with E-state index >= 15 is 0 Å². The maximum Gasteiger partial charge on any atom is 0.313 e. The van der Waals surface area contributed by atoms with E-state index in [-0.39, 0.29) is 12.2 Å². The van der Waals surface area contributed by atoms with Crippen molar-refractivity contribution in [3.63, 3.8) is 0 Å². The molecule has 1 fully saturated rings. The van der Waals surface area contributed by atoms with E-state index < -0.39 is 29.6 Å². The SMILES string of the molecule is Cc1cccc(C(=O)NC[C@@H]2[C@H](C(=O)O)C2(F)F)n1. The van der Waals surface area contributed by atoms with Crippen LogP contribution in [0.3, 0.4) is 0 Å². The van der Waals surface area contributed by atoms with E-state index in [1.54, 1.807) is 19.1 Å². The Kier molecular flexibility index (Phi) is 3.21. The molecule has 1 aromatic heterocycles. The third kappa shape index (κ3) is 2.54. The Morgan fingerprint density at radius 2 is 2.16 bits per heavy atom. The molecule has 7 heteroatoms. The first kappa shape index (κ1) is 13.4. The molecule has 102 valence electrons. The predicted octanol–water partition coefficient (Wildman–Crippen LogP) is 1.09. The second-order valence-corrected chi connectivity index (χ2v) is 4.47. The number of pyridine rings is 1. The van der Waals surface area contributed by atoms with Crippen molar-refractivity contribution in [2.45, 2.75) is 12.8 Å². The molecule has 0 unspecified atom stereocenters. The molecule has 0 radical (unpaired) electrons. The van der Waals surface area contributed by atoms with E-state index in [0.717, 1.165) is 0 Å². The Hall–Kier alpha value is -2.05. The monoisotopic (exact) mass is 270 g/mol. The fourth-order valence-electron chi connectivity index (χ4n) is 1.94. The van der Waals surface area contributed by atoms with Crippen molar-refractivity contribution >= 4 is 11.9 Å². The van der Waals surface area contributed by atoms with Gasteiger partial charge in [-0.1, -0.05) is 6.07 Å². The fourth-order valence-corrected chi connectivity index (χ4v) is 1.94. The number of hydrogen-bond acceptors (Lipinski definition) is 3. The van der Waals surface area contributed by atoms with Crippen LogP contribution >= 0.6 is 0 Å². The minimum atomic E-state index is -3.25. The summed E-state index contributed by atoms with van der Waals surface area (Å²) in [6, 6.07) is 4.79. The summed E-state index contributed by atoms with van der Waals surface area (Å²) in [6.45, 7) is 1.32. The summed E-state index contributed by atoms with van der Waals surface area (Å²) in [6.07, 6.45) is 0. The van der Waals surface area contributed by atoms with Crippen LogP contribution in [0.25, 0.3) is 0 Å². The molecular weight excluding hydrogens is 258 g/mol. The molecule has 0 bridgehead atoms. The predicted molar refractivity (Wildman–Crippen MR) is 60.9 cm³/mol. The van der Waals surface area contributed by atoms with Crippen LogP contribution in [0.5, 0.6) is 0 Å². The highest BCUT2D eigenvalue weighted by molar-refractivity contribution is 5.92. The molecule has 5 nitrogen and oxygen atoms in total.